The first kappa shape index (κ1) is 9.86. The largest absolute Gasteiger partial charge is 0.360 e. The molecular weight excluding hydrogens is 196 g/mol. The molecule has 0 spiro atoms. The summed E-state index contributed by atoms with van der Waals surface area (Å²) in [5.74, 6) is 0. The Kier molecular flexibility index (Phi) is 3.71. The summed E-state index contributed by atoms with van der Waals surface area (Å²) in [6.07, 6.45) is 5.54. The van der Waals surface area contributed by atoms with Crippen LogP contribution in [-0.2, 0) is 0 Å². The standard InChI is InChI=1S/C9H16N4S/c1-2-6-13(5-1)7-3-4-10-9-11-8-12-14-9/h8H,1-7H2,(H,10,11,12). The third-order valence-corrected chi connectivity index (χ3v) is 3.11. The number of aromatic nitrogens is 2. The first-order valence-electron chi connectivity index (χ1n) is 5.18. The zero-order valence-corrected chi connectivity index (χ0v) is 9.09. The molecule has 1 aliphatic rings. The molecular formula is C9H16N4S. The fourth-order valence-corrected chi connectivity index (χ4v) is 2.21. The highest BCUT2D eigenvalue weighted by Gasteiger charge is 2.09. The average Bonchev–Trinajstić information content (AvgIpc) is 2.86. The van der Waals surface area contributed by atoms with Crippen LogP contribution in [0.4, 0.5) is 5.13 Å². The fraction of sp³-hybridized carbons (Fsp3) is 0.778. The predicted octanol–water partition coefficient (Wildman–Crippen LogP) is 1.44. The first-order valence-corrected chi connectivity index (χ1v) is 5.95. The summed E-state index contributed by atoms with van der Waals surface area (Å²) >= 11 is 1.42. The molecule has 1 N–H and O–H groups in total. The lowest BCUT2D eigenvalue weighted by atomic mass is 10.4. The third-order valence-electron chi connectivity index (χ3n) is 2.49. The molecule has 0 saturated carbocycles. The minimum atomic E-state index is 0.937. The van der Waals surface area contributed by atoms with Crippen molar-refractivity contribution in [2.24, 2.45) is 0 Å². The first-order chi connectivity index (χ1) is 6.95. The molecule has 1 aromatic rings. The monoisotopic (exact) mass is 212 g/mol. The minimum absolute atomic E-state index is 0.937. The second-order valence-corrected chi connectivity index (χ2v) is 4.36. The number of likely N-dealkylation sites (tertiary alicyclic amines) is 1. The van der Waals surface area contributed by atoms with Crippen LogP contribution in [0.1, 0.15) is 19.3 Å². The van der Waals surface area contributed by atoms with Gasteiger partial charge in [0, 0.05) is 18.1 Å². The summed E-state index contributed by atoms with van der Waals surface area (Å²) in [6, 6.07) is 0. The summed E-state index contributed by atoms with van der Waals surface area (Å²) in [7, 11) is 0. The van der Waals surface area contributed by atoms with Gasteiger partial charge in [-0.15, -0.1) is 0 Å². The van der Waals surface area contributed by atoms with E-state index < -0.39 is 0 Å². The van der Waals surface area contributed by atoms with Gasteiger partial charge in [-0.25, -0.2) is 4.98 Å². The molecule has 0 aliphatic carbocycles. The molecule has 1 aliphatic heterocycles. The van der Waals surface area contributed by atoms with E-state index in [9.17, 15) is 0 Å². The van der Waals surface area contributed by atoms with Crippen LogP contribution in [-0.4, -0.2) is 40.4 Å². The Morgan fingerprint density at radius 3 is 3.00 bits per heavy atom. The van der Waals surface area contributed by atoms with E-state index in [-0.39, 0.29) is 0 Å². The molecule has 2 heterocycles. The molecule has 1 saturated heterocycles. The van der Waals surface area contributed by atoms with Crippen molar-refractivity contribution >= 4 is 16.7 Å². The molecule has 14 heavy (non-hydrogen) atoms. The van der Waals surface area contributed by atoms with Gasteiger partial charge in [0.1, 0.15) is 6.33 Å². The van der Waals surface area contributed by atoms with E-state index in [1.165, 1.54) is 50.4 Å². The van der Waals surface area contributed by atoms with Gasteiger partial charge in [-0.3, -0.25) is 0 Å². The van der Waals surface area contributed by atoms with Gasteiger partial charge in [0.2, 0.25) is 5.13 Å². The van der Waals surface area contributed by atoms with Crippen molar-refractivity contribution in [2.75, 3.05) is 31.5 Å². The maximum atomic E-state index is 4.07. The van der Waals surface area contributed by atoms with Gasteiger partial charge in [0.25, 0.3) is 0 Å². The van der Waals surface area contributed by atoms with Crippen molar-refractivity contribution in [2.45, 2.75) is 19.3 Å². The molecule has 0 radical (unpaired) electrons. The van der Waals surface area contributed by atoms with Gasteiger partial charge < -0.3 is 10.2 Å². The van der Waals surface area contributed by atoms with Crippen molar-refractivity contribution in [1.82, 2.24) is 14.3 Å². The third kappa shape index (κ3) is 2.92. The van der Waals surface area contributed by atoms with Gasteiger partial charge in [-0.05, 0) is 38.9 Å². The number of hydrogen-bond donors (Lipinski definition) is 1. The molecule has 0 aromatic carbocycles. The highest BCUT2D eigenvalue weighted by molar-refractivity contribution is 7.09. The molecule has 0 atom stereocenters. The highest BCUT2D eigenvalue weighted by Crippen LogP contribution is 2.09. The molecule has 2 rings (SSSR count). The Labute approximate surface area is 88.5 Å². The Morgan fingerprint density at radius 1 is 1.43 bits per heavy atom. The van der Waals surface area contributed by atoms with Crippen molar-refractivity contribution in [3.63, 3.8) is 0 Å². The van der Waals surface area contributed by atoms with E-state index in [2.05, 4.69) is 19.6 Å². The fourth-order valence-electron chi connectivity index (χ4n) is 1.76. The number of nitrogens with one attached hydrogen (secondary N) is 1. The van der Waals surface area contributed by atoms with Crippen LogP contribution in [0.2, 0.25) is 0 Å². The van der Waals surface area contributed by atoms with Gasteiger partial charge in [0.05, 0.1) is 0 Å². The van der Waals surface area contributed by atoms with Crippen LogP contribution in [0.3, 0.4) is 0 Å². The normalized spacial score (nSPS) is 17.4. The number of rotatable bonds is 5. The molecule has 0 amide bonds. The van der Waals surface area contributed by atoms with Crippen LogP contribution in [0, 0.1) is 0 Å². The van der Waals surface area contributed by atoms with Crippen LogP contribution in [0.15, 0.2) is 6.33 Å². The summed E-state index contributed by atoms with van der Waals surface area (Å²) < 4.78 is 3.94. The molecule has 1 fully saturated rings. The average molecular weight is 212 g/mol. The van der Waals surface area contributed by atoms with Crippen LogP contribution >= 0.6 is 11.5 Å². The van der Waals surface area contributed by atoms with Crippen molar-refractivity contribution in [3.8, 4) is 0 Å². The molecule has 78 valence electrons. The van der Waals surface area contributed by atoms with Crippen LogP contribution in [0.5, 0.6) is 0 Å². The van der Waals surface area contributed by atoms with Gasteiger partial charge in [-0.2, -0.15) is 4.37 Å². The van der Waals surface area contributed by atoms with E-state index in [0.717, 1.165) is 11.7 Å². The second kappa shape index (κ2) is 5.26. The topological polar surface area (TPSA) is 41.1 Å². The molecule has 4 nitrogen and oxygen atoms in total. The van der Waals surface area contributed by atoms with E-state index in [1.807, 2.05) is 0 Å². The Hall–Kier alpha value is -0.680. The van der Waals surface area contributed by atoms with Gasteiger partial charge in [-0.1, -0.05) is 0 Å². The maximum absolute atomic E-state index is 4.07. The van der Waals surface area contributed by atoms with Crippen molar-refractivity contribution < 1.29 is 0 Å². The Balaban J connectivity index is 1.55. The lowest BCUT2D eigenvalue weighted by molar-refractivity contribution is 0.337. The number of nitrogens with zero attached hydrogens (tertiary/aromatic N) is 3. The highest BCUT2D eigenvalue weighted by atomic mass is 32.1. The number of hydrogen-bond acceptors (Lipinski definition) is 5. The quantitative estimate of drug-likeness (QED) is 0.750. The van der Waals surface area contributed by atoms with Crippen molar-refractivity contribution in [1.29, 1.82) is 0 Å². The predicted molar refractivity (Wildman–Crippen MR) is 58.7 cm³/mol. The number of anilines is 1. The molecule has 0 bridgehead atoms. The molecule has 1 aromatic heterocycles. The van der Waals surface area contributed by atoms with E-state index >= 15 is 0 Å². The zero-order valence-electron chi connectivity index (χ0n) is 8.28. The van der Waals surface area contributed by atoms with Crippen LogP contribution < -0.4 is 5.32 Å². The molecule has 0 unspecified atom stereocenters. The van der Waals surface area contributed by atoms with Gasteiger partial charge >= 0.3 is 0 Å². The minimum Gasteiger partial charge on any atom is -0.360 e. The SMILES string of the molecule is c1nsc(NCCCN2CCCC2)n1. The Bertz CT molecular complexity index is 243. The van der Waals surface area contributed by atoms with Gasteiger partial charge in [0.15, 0.2) is 0 Å². The smallest absolute Gasteiger partial charge is 0.202 e. The summed E-state index contributed by atoms with van der Waals surface area (Å²) in [6.45, 7) is 4.80. The van der Waals surface area contributed by atoms with E-state index in [1.54, 1.807) is 6.33 Å². The Morgan fingerprint density at radius 2 is 2.29 bits per heavy atom. The zero-order chi connectivity index (χ0) is 9.64. The maximum Gasteiger partial charge on any atom is 0.202 e. The summed E-state index contributed by atoms with van der Waals surface area (Å²) in [4.78, 5) is 6.60. The lowest BCUT2D eigenvalue weighted by Gasteiger charge is -2.13. The molecule has 5 heteroatoms. The second-order valence-electron chi connectivity index (χ2n) is 3.58. The van der Waals surface area contributed by atoms with Crippen LogP contribution in [0.25, 0.3) is 0 Å². The lowest BCUT2D eigenvalue weighted by Crippen LogP contribution is -2.22. The van der Waals surface area contributed by atoms with Crippen molar-refractivity contribution in [3.05, 3.63) is 6.33 Å². The van der Waals surface area contributed by atoms with E-state index in [4.69, 9.17) is 0 Å². The summed E-state index contributed by atoms with van der Waals surface area (Å²) in [5, 5.41) is 4.20. The summed E-state index contributed by atoms with van der Waals surface area (Å²) in [5.41, 5.74) is 0. The van der Waals surface area contributed by atoms with E-state index in [0.29, 0.717) is 0 Å².